The van der Waals surface area contributed by atoms with Gasteiger partial charge in [0.25, 0.3) is 0 Å². The van der Waals surface area contributed by atoms with E-state index in [1.54, 1.807) is 19.1 Å². The normalized spacial score (nSPS) is 17.9. The van der Waals surface area contributed by atoms with Crippen molar-refractivity contribution in [3.8, 4) is 11.4 Å². The van der Waals surface area contributed by atoms with Crippen LogP contribution in [0, 0.1) is 0 Å². The largest absolute Gasteiger partial charge is 0.497 e. The lowest BCUT2D eigenvalue weighted by Crippen LogP contribution is -2.38. The van der Waals surface area contributed by atoms with Gasteiger partial charge in [-0.2, -0.15) is 0 Å². The van der Waals surface area contributed by atoms with Crippen molar-refractivity contribution < 1.29 is 17.9 Å². The van der Waals surface area contributed by atoms with Gasteiger partial charge in [0, 0.05) is 18.8 Å². The lowest BCUT2D eigenvalue weighted by atomic mass is 10.2. The molecule has 0 N–H and O–H groups in total. The molecule has 7 nitrogen and oxygen atoms in total. The number of nitrogens with zero attached hydrogens (tertiary/aromatic N) is 3. The fourth-order valence-corrected chi connectivity index (χ4v) is 6.32. The van der Waals surface area contributed by atoms with Crippen LogP contribution in [0.5, 0.6) is 5.75 Å². The highest BCUT2D eigenvalue weighted by molar-refractivity contribution is 7.99. The molecule has 1 aliphatic heterocycles. The molecule has 2 heterocycles. The van der Waals surface area contributed by atoms with Gasteiger partial charge in [0.15, 0.2) is 15.0 Å². The van der Waals surface area contributed by atoms with Crippen molar-refractivity contribution in [3.63, 3.8) is 0 Å². The van der Waals surface area contributed by atoms with E-state index in [0.29, 0.717) is 11.6 Å². The van der Waals surface area contributed by atoms with Crippen molar-refractivity contribution in [1.29, 1.82) is 0 Å². The van der Waals surface area contributed by atoms with Gasteiger partial charge in [-0.15, -0.1) is 0 Å². The predicted octanol–water partition coefficient (Wildman–Crippen LogP) is 2.77. The lowest BCUT2D eigenvalue weighted by Gasteiger charge is -2.23. The van der Waals surface area contributed by atoms with Crippen LogP contribution in [0.2, 0.25) is 0 Å². The van der Waals surface area contributed by atoms with Crippen LogP contribution in [-0.4, -0.2) is 66.2 Å². The number of thioether (sulfide) groups is 1. The first-order valence-corrected chi connectivity index (χ1v) is 12.4. The quantitative estimate of drug-likeness (QED) is 0.543. The summed E-state index contributed by atoms with van der Waals surface area (Å²) in [5.41, 5.74) is 2.72. The van der Waals surface area contributed by atoms with Gasteiger partial charge in [-0.1, -0.05) is 23.9 Å². The van der Waals surface area contributed by atoms with Crippen molar-refractivity contribution in [2.24, 2.45) is 0 Å². The first-order valence-electron chi connectivity index (χ1n) is 9.59. The molecular weight excluding hydrogens is 422 g/mol. The molecule has 0 aliphatic carbocycles. The zero-order valence-corrected chi connectivity index (χ0v) is 18.4. The first-order chi connectivity index (χ1) is 14.4. The Morgan fingerprint density at radius 1 is 1.23 bits per heavy atom. The SMILES string of the molecule is COc1ccc(-n2c(SCC(=O)N(C)[C@H]3CCS(=O)(=O)C3)nc3ccccc32)cc1. The van der Waals surface area contributed by atoms with Gasteiger partial charge in [0.1, 0.15) is 5.75 Å². The van der Waals surface area contributed by atoms with E-state index in [1.807, 2.05) is 53.1 Å². The minimum atomic E-state index is -3.03. The fourth-order valence-electron chi connectivity index (χ4n) is 3.59. The predicted molar refractivity (Wildman–Crippen MR) is 118 cm³/mol. The number of carbonyl (C=O) groups excluding carboxylic acids is 1. The third-order valence-electron chi connectivity index (χ3n) is 5.33. The van der Waals surface area contributed by atoms with Gasteiger partial charge < -0.3 is 9.64 Å². The Kier molecular flexibility index (Phi) is 5.75. The van der Waals surface area contributed by atoms with Crippen LogP contribution in [0.1, 0.15) is 6.42 Å². The molecule has 0 saturated carbocycles. The van der Waals surface area contributed by atoms with E-state index < -0.39 is 9.84 Å². The zero-order chi connectivity index (χ0) is 21.3. The number of amides is 1. The van der Waals surface area contributed by atoms with Crippen LogP contribution in [0.4, 0.5) is 0 Å². The molecule has 0 bridgehead atoms. The molecular formula is C21H23N3O4S2. The Morgan fingerprint density at radius 3 is 2.63 bits per heavy atom. The number of rotatable bonds is 6. The van der Waals surface area contributed by atoms with Gasteiger partial charge in [-0.25, -0.2) is 13.4 Å². The van der Waals surface area contributed by atoms with Crippen molar-refractivity contribution in [1.82, 2.24) is 14.5 Å². The summed E-state index contributed by atoms with van der Waals surface area (Å²) < 4.78 is 30.7. The summed E-state index contributed by atoms with van der Waals surface area (Å²) in [5, 5.41) is 0.710. The summed E-state index contributed by atoms with van der Waals surface area (Å²) in [6.45, 7) is 0. The highest BCUT2D eigenvalue weighted by atomic mass is 32.2. The van der Waals surface area contributed by atoms with E-state index in [4.69, 9.17) is 9.72 Å². The Balaban J connectivity index is 1.57. The summed E-state index contributed by atoms with van der Waals surface area (Å²) in [5.74, 6) is 1.04. The number of aromatic nitrogens is 2. The molecule has 2 aromatic carbocycles. The lowest BCUT2D eigenvalue weighted by molar-refractivity contribution is -0.128. The van der Waals surface area contributed by atoms with E-state index in [1.165, 1.54) is 11.8 Å². The number of sulfone groups is 1. The maximum absolute atomic E-state index is 12.7. The summed E-state index contributed by atoms with van der Waals surface area (Å²) in [6, 6.07) is 15.3. The highest BCUT2D eigenvalue weighted by Gasteiger charge is 2.32. The first kappa shape index (κ1) is 20.7. The number of para-hydroxylation sites is 2. The van der Waals surface area contributed by atoms with Crippen LogP contribution in [0.3, 0.4) is 0 Å². The molecule has 0 spiro atoms. The molecule has 9 heteroatoms. The number of fused-ring (bicyclic) bond motifs is 1. The van der Waals surface area contributed by atoms with E-state index in [0.717, 1.165) is 22.5 Å². The number of carbonyl (C=O) groups is 1. The maximum atomic E-state index is 12.7. The number of hydrogen-bond acceptors (Lipinski definition) is 6. The Labute approximate surface area is 180 Å². The maximum Gasteiger partial charge on any atom is 0.233 e. The molecule has 0 radical (unpaired) electrons. The summed E-state index contributed by atoms with van der Waals surface area (Å²) in [4.78, 5) is 19.0. The van der Waals surface area contributed by atoms with Crippen LogP contribution < -0.4 is 4.74 Å². The highest BCUT2D eigenvalue weighted by Crippen LogP contribution is 2.29. The second kappa shape index (κ2) is 8.31. The minimum absolute atomic E-state index is 0.0459. The smallest absolute Gasteiger partial charge is 0.233 e. The second-order valence-electron chi connectivity index (χ2n) is 7.27. The summed E-state index contributed by atoms with van der Waals surface area (Å²) in [7, 11) is 0.273. The molecule has 158 valence electrons. The summed E-state index contributed by atoms with van der Waals surface area (Å²) >= 11 is 1.35. The van der Waals surface area contributed by atoms with Crippen LogP contribution in [0.15, 0.2) is 53.7 Å². The molecule has 1 aliphatic rings. The van der Waals surface area contributed by atoms with Gasteiger partial charge in [0.2, 0.25) is 5.91 Å². The third-order valence-corrected chi connectivity index (χ3v) is 8.01. The van der Waals surface area contributed by atoms with Gasteiger partial charge in [-0.3, -0.25) is 9.36 Å². The van der Waals surface area contributed by atoms with E-state index in [2.05, 4.69) is 0 Å². The van der Waals surface area contributed by atoms with Crippen LogP contribution in [0.25, 0.3) is 16.7 Å². The number of ether oxygens (including phenoxy) is 1. The standard InChI is InChI=1S/C21H23N3O4S2/c1-23(16-11-12-30(26,27)14-16)20(25)13-29-21-22-18-5-3-4-6-19(18)24(21)15-7-9-17(28-2)10-8-15/h3-10,16H,11-14H2,1-2H3/t16-/m0/s1. The topological polar surface area (TPSA) is 81.5 Å². The van der Waals surface area contributed by atoms with Crippen molar-refractivity contribution >= 4 is 38.5 Å². The van der Waals surface area contributed by atoms with Crippen molar-refractivity contribution in [3.05, 3.63) is 48.5 Å². The summed E-state index contributed by atoms with van der Waals surface area (Å²) in [6.07, 6.45) is 0.500. The second-order valence-corrected chi connectivity index (χ2v) is 10.4. The Morgan fingerprint density at radius 2 is 1.97 bits per heavy atom. The molecule has 1 atom stereocenters. The number of hydrogen-bond donors (Lipinski definition) is 0. The molecule has 1 amide bonds. The van der Waals surface area contributed by atoms with E-state index >= 15 is 0 Å². The van der Waals surface area contributed by atoms with Crippen LogP contribution in [-0.2, 0) is 14.6 Å². The van der Waals surface area contributed by atoms with Crippen LogP contribution >= 0.6 is 11.8 Å². The van der Waals surface area contributed by atoms with Gasteiger partial charge in [0.05, 0.1) is 35.4 Å². The molecule has 3 aromatic rings. The van der Waals surface area contributed by atoms with E-state index in [9.17, 15) is 13.2 Å². The fraction of sp³-hybridized carbons (Fsp3) is 0.333. The number of imidazole rings is 1. The zero-order valence-electron chi connectivity index (χ0n) is 16.8. The Hall–Kier alpha value is -2.52. The minimum Gasteiger partial charge on any atom is -0.497 e. The molecule has 4 rings (SSSR count). The van der Waals surface area contributed by atoms with E-state index in [-0.39, 0.29) is 29.2 Å². The third kappa shape index (κ3) is 4.17. The Bertz CT molecular complexity index is 1170. The molecule has 30 heavy (non-hydrogen) atoms. The average molecular weight is 446 g/mol. The van der Waals surface area contributed by atoms with Gasteiger partial charge in [-0.05, 0) is 42.8 Å². The van der Waals surface area contributed by atoms with Gasteiger partial charge >= 0.3 is 0 Å². The molecule has 1 fully saturated rings. The van der Waals surface area contributed by atoms with Crippen molar-refractivity contribution in [2.75, 3.05) is 31.4 Å². The number of benzene rings is 2. The van der Waals surface area contributed by atoms with Crippen molar-refractivity contribution in [2.45, 2.75) is 17.6 Å². The number of methoxy groups -OCH3 is 1. The molecule has 1 aromatic heterocycles. The monoisotopic (exact) mass is 445 g/mol. The molecule has 1 saturated heterocycles. The average Bonchev–Trinajstić information content (AvgIpc) is 3.31. The molecule has 0 unspecified atom stereocenters.